The van der Waals surface area contributed by atoms with Gasteiger partial charge in [-0.3, -0.25) is 9.97 Å². The number of fused-ring (bicyclic) bond motifs is 13. The molecule has 8 atom stereocenters. The first-order valence-electron chi connectivity index (χ1n) is 28.5. The summed E-state index contributed by atoms with van der Waals surface area (Å²) < 4.78 is 2.80. The number of benzene rings is 4. The lowest BCUT2D eigenvalue weighted by atomic mass is 9.67. The molecule has 3 heteroatoms. The highest BCUT2D eigenvalue weighted by atomic mass is 14.9. The van der Waals surface area contributed by atoms with Gasteiger partial charge in [-0.05, 0) is 302 Å². The minimum absolute atomic E-state index is 0.627. The molecule has 24 rings (SSSR count). The van der Waals surface area contributed by atoms with E-state index in [4.69, 9.17) is 9.97 Å². The van der Waals surface area contributed by atoms with E-state index in [1.807, 2.05) is 0 Å². The number of nitrogens with zero attached hydrogens (tertiary/aromatic N) is 3. The third-order valence-electron chi connectivity index (χ3n) is 24.0. The Kier molecular flexibility index (Phi) is 6.33. The van der Waals surface area contributed by atoms with Crippen molar-refractivity contribution in [1.82, 2.24) is 14.4 Å². The zero-order valence-corrected chi connectivity index (χ0v) is 39.3. The van der Waals surface area contributed by atoms with Crippen molar-refractivity contribution in [1.29, 1.82) is 0 Å². The van der Waals surface area contributed by atoms with Gasteiger partial charge in [-0.25, -0.2) is 0 Å². The molecule has 0 radical (unpaired) electrons. The van der Waals surface area contributed by atoms with Gasteiger partial charge in [0.1, 0.15) is 0 Å². The van der Waals surface area contributed by atoms with E-state index < -0.39 is 0 Å². The van der Waals surface area contributed by atoms with Gasteiger partial charge in [-0.1, -0.05) is 0 Å². The van der Waals surface area contributed by atoms with Crippen LogP contribution in [0.2, 0.25) is 0 Å². The normalized spacial score (nSPS) is 39.9. The standard InChI is InChI=1S/C64H63N3/c1-28-5-36-6-29(1)8-37(7-28)45-22-50-48(21-44(36)45)49-23-46-38-9-30-2-31(10-38)12-39(11-30)47(46)24-51(49)58-52(50)25-53-59-54(26-65-62-42-17-32-3-33(18-42)14-40(13-32)56(59)62)67-55-27-66-63-43-19-34-4-35(20-43)16-41(15-34)57(63)60(55)61(58)64(53)67/h21-43H,1-20H2. The number of hydrogen-bond donors (Lipinski definition) is 0. The summed E-state index contributed by atoms with van der Waals surface area (Å²) in [6.45, 7) is 0. The lowest BCUT2D eigenvalue weighted by molar-refractivity contribution is 0.165. The summed E-state index contributed by atoms with van der Waals surface area (Å²) in [5, 5.41) is 16.0. The highest BCUT2D eigenvalue weighted by Crippen LogP contribution is 2.64. The predicted molar refractivity (Wildman–Crippen MR) is 271 cm³/mol. The van der Waals surface area contributed by atoms with Crippen molar-refractivity contribution in [3.8, 4) is 0 Å². The average Bonchev–Trinajstić information content (AvgIpc) is 3.52. The van der Waals surface area contributed by atoms with Gasteiger partial charge in [0.05, 0.1) is 28.9 Å². The molecule has 8 aromatic rings. The van der Waals surface area contributed by atoms with Crippen LogP contribution in [0.4, 0.5) is 0 Å². The summed E-state index contributed by atoms with van der Waals surface area (Å²) in [5.41, 5.74) is 17.8. The maximum absolute atomic E-state index is 5.74. The van der Waals surface area contributed by atoms with E-state index in [2.05, 4.69) is 47.1 Å². The van der Waals surface area contributed by atoms with Crippen LogP contribution >= 0.6 is 0 Å². The zero-order valence-electron chi connectivity index (χ0n) is 39.3. The summed E-state index contributed by atoms with van der Waals surface area (Å²) in [7, 11) is 0. The predicted octanol–water partition coefficient (Wildman–Crippen LogP) is 16.6. The lowest BCUT2D eigenvalue weighted by Crippen LogP contribution is -2.25. The number of pyridine rings is 2. The van der Waals surface area contributed by atoms with Crippen molar-refractivity contribution in [3.63, 3.8) is 0 Å². The third kappa shape index (κ3) is 4.33. The van der Waals surface area contributed by atoms with Crippen molar-refractivity contribution in [2.75, 3.05) is 0 Å². The molecule has 8 fully saturated rings. The quantitative estimate of drug-likeness (QED) is 0.142. The Balaban J connectivity index is 1.01. The molecule has 4 aromatic carbocycles. The molecule has 0 N–H and O–H groups in total. The van der Waals surface area contributed by atoms with Crippen LogP contribution in [0.3, 0.4) is 0 Å². The molecule has 0 amide bonds. The van der Waals surface area contributed by atoms with Crippen molar-refractivity contribution in [3.05, 3.63) is 87.5 Å². The molecule has 16 aliphatic carbocycles. The second-order valence-corrected chi connectivity index (χ2v) is 27.3. The molecular weight excluding hydrogens is 811 g/mol. The Bertz CT molecular complexity index is 3590. The molecule has 8 saturated carbocycles. The molecule has 4 heterocycles. The molecule has 0 saturated heterocycles. The van der Waals surface area contributed by atoms with Crippen LogP contribution in [-0.2, 0) is 0 Å². The Morgan fingerprint density at radius 2 is 0.642 bits per heavy atom. The van der Waals surface area contributed by atoms with Gasteiger partial charge in [-0.15, -0.1) is 0 Å². The summed E-state index contributed by atoms with van der Waals surface area (Å²) in [4.78, 5) is 11.4. The smallest absolute Gasteiger partial charge is 0.0728 e. The van der Waals surface area contributed by atoms with Gasteiger partial charge in [-0.2, -0.15) is 0 Å². The van der Waals surface area contributed by atoms with Gasteiger partial charge in [0.25, 0.3) is 0 Å². The van der Waals surface area contributed by atoms with Crippen LogP contribution in [0.25, 0.3) is 70.4 Å². The van der Waals surface area contributed by atoms with Gasteiger partial charge in [0.2, 0.25) is 0 Å². The summed E-state index contributed by atoms with van der Waals surface area (Å²) in [5.74, 6) is 12.7. The molecule has 8 unspecified atom stereocenters. The van der Waals surface area contributed by atoms with E-state index in [0.29, 0.717) is 23.7 Å². The zero-order chi connectivity index (χ0) is 42.4. The van der Waals surface area contributed by atoms with Gasteiger partial charge >= 0.3 is 0 Å². The van der Waals surface area contributed by atoms with E-state index >= 15 is 0 Å². The molecule has 16 bridgehead atoms. The molecule has 16 aliphatic rings. The summed E-state index contributed by atoms with van der Waals surface area (Å²) in [6, 6.07) is 14.4. The van der Waals surface area contributed by atoms with Gasteiger partial charge in [0.15, 0.2) is 0 Å². The molecule has 0 spiro atoms. The van der Waals surface area contributed by atoms with Crippen LogP contribution in [0.1, 0.15) is 221 Å². The van der Waals surface area contributed by atoms with E-state index in [1.54, 1.807) is 87.2 Å². The topological polar surface area (TPSA) is 30.2 Å². The SMILES string of the molecule is c1c2c(cc3c1c1cc4c(cc1c1c3cc3c5c6c(ncc5n5c7cnc8c(c7c1c35)C1CC3CC(CC8C3)C1)C1CC3CC(C1)CC6C3)C1CC3CC(CC4C3)C1)C1CC3CC(CC2C3)C1. The Labute approximate surface area is 393 Å². The monoisotopic (exact) mass is 874 g/mol. The van der Waals surface area contributed by atoms with E-state index in [9.17, 15) is 0 Å². The minimum atomic E-state index is 0.627. The molecule has 67 heavy (non-hydrogen) atoms. The number of aromatic nitrogens is 3. The van der Waals surface area contributed by atoms with Crippen LogP contribution in [0.5, 0.6) is 0 Å². The third-order valence-corrected chi connectivity index (χ3v) is 24.0. The van der Waals surface area contributed by atoms with Crippen LogP contribution < -0.4 is 0 Å². The van der Waals surface area contributed by atoms with E-state index in [-0.39, 0.29) is 0 Å². The highest BCUT2D eigenvalue weighted by Gasteiger charge is 2.48. The number of rotatable bonds is 0. The van der Waals surface area contributed by atoms with E-state index in [0.717, 1.165) is 71.0 Å². The summed E-state index contributed by atoms with van der Waals surface area (Å²) in [6.07, 6.45) is 33.2. The van der Waals surface area contributed by atoms with Crippen molar-refractivity contribution in [2.45, 2.75) is 176 Å². The molecule has 0 aliphatic heterocycles. The maximum atomic E-state index is 5.74. The molecule has 4 aromatic heterocycles. The average molecular weight is 874 g/mol. The lowest BCUT2D eigenvalue weighted by Gasteiger charge is -2.38. The molecule has 3 nitrogen and oxygen atoms in total. The Hall–Kier alpha value is -4.24. The van der Waals surface area contributed by atoms with Crippen molar-refractivity contribution >= 4 is 70.4 Å². The molecule has 334 valence electrons. The van der Waals surface area contributed by atoms with Gasteiger partial charge < -0.3 is 4.40 Å². The number of hydrogen-bond acceptors (Lipinski definition) is 2. The fraction of sp³-hybridized carbons (Fsp3) is 0.562. The Morgan fingerprint density at radius 1 is 0.299 bits per heavy atom. The largest absolute Gasteiger partial charge is 0.305 e. The minimum Gasteiger partial charge on any atom is -0.305 e. The highest BCUT2D eigenvalue weighted by molar-refractivity contribution is 6.40. The van der Waals surface area contributed by atoms with Crippen molar-refractivity contribution < 1.29 is 0 Å². The first-order chi connectivity index (χ1) is 33.0. The van der Waals surface area contributed by atoms with Crippen molar-refractivity contribution in [2.24, 2.45) is 47.3 Å². The Morgan fingerprint density at radius 3 is 1.09 bits per heavy atom. The maximum Gasteiger partial charge on any atom is 0.0728 e. The fourth-order valence-corrected chi connectivity index (χ4v) is 22.5. The van der Waals surface area contributed by atoms with Crippen LogP contribution in [0, 0.1) is 47.3 Å². The van der Waals surface area contributed by atoms with Crippen LogP contribution in [0.15, 0.2) is 42.7 Å². The second-order valence-electron chi connectivity index (χ2n) is 27.3. The summed E-state index contributed by atoms with van der Waals surface area (Å²) >= 11 is 0. The van der Waals surface area contributed by atoms with Crippen LogP contribution in [-0.4, -0.2) is 14.4 Å². The molecular formula is C64H63N3. The first kappa shape index (κ1) is 35.8. The van der Waals surface area contributed by atoms with Gasteiger partial charge in [0, 0.05) is 50.2 Å². The first-order valence-corrected chi connectivity index (χ1v) is 28.5. The second kappa shape index (κ2) is 11.8. The van der Waals surface area contributed by atoms with E-state index in [1.165, 1.54) is 156 Å². The fourth-order valence-electron chi connectivity index (χ4n) is 22.5.